The van der Waals surface area contributed by atoms with E-state index in [1.54, 1.807) is 0 Å². The van der Waals surface area contributed by atoms with Crippen LogP contribution in [-0.2, 0) is 14.8 Å². The van der Waals surface area contributed by atoms with Crippen LogP contribution in [0.3, 0.4) is 0 Å². The fraction of sp³-hybridized carbons (Fsp3) is 1.00. The molecule has 0 saturated carbocycles. The van der Waals surface area contributed by atoms with E-state index in [-0.39, 0.29) is 22.9 Å². The van der Waals surface area contributed by atoms with Gasteiger partial charge >= 0.3 is 0 Å². The standard InChI is InChI=1S/C22H47NO3S/c1-10-12-14-21(7,17-23-27(9,24)25)19(5)16-26-20(6)22(8,18(3)4)15-13-11-2/h18-20,23H,10-17H2,1-9H3/t19?,20-,21?,22?/m1/s1. The second-order valence-corrected chi connectivity index (χ2v) is 11.3. The van der Waals surface area contributed by atoms with Gasteiger partial charge in [-0.3, -0.25) is 0 Å². The normalized spacial score (nSPS) is 19.5. The van der Waals surface area contributed by atoms with Crippen LogP contribution in [0.1, 0.15) is 93.9 Å². The smallest absolute Gasteiger partial charge is 0.208 e. The van der Waals surface area contributed by atoms with Gasteiger partial charge in [-0.1, -0.05) is 74.1 Å². The van der Waals surface area contributed by atoms with Crippen molar-refractivity contribution >= 4 is 10.0 Å². The number of unbranched alkanes of at least 4 members (excludes halogenated alkanes) is 2. The van der Waals surface area contributed by atoms with Crippen molar-refractivity contribution in [3.05, 3.63) is 0 Å². The number of hydrogen-bond acceptors (Lipinski definition) is 3. The van der Waals surface area contributed by atoms with Gasteiger partial charge < -0.3 is 4.74 Å². The summed E-state index contributed by atoms with van der Waals surface area (Å²) in [6, 6.07) is 0. The van der Waals surface area contributed by atoms with E-state index in [0.717, 1.165) is 19.3 Å². The first-order valence-corrected chi connectivity index (χ1v) is 12.8. The van der Waals surface area contributed by atoms with E-state index in [1.165, 1.54) is 25.5 Å². The summed E-state index contributed by atoms with van der Waals surface area (Å²) >= 11 is 0. The summed E-state index contributed by atoms with van der Waals surface area (Å²) in [7, 11) is -3.18. The highest BCUT2D eigenvalue weighted by Gasteiger charge is 2.37. The lowest BCUT2D eigenvalue weighted by molar-refractivity contribution is -0.0740. The molecule has 0 amide bonds. The zero-order valence-electron chi connectivity index (χ0n) is 19.5. The summed E-state index contributed by atoms with van der Waals surface area (Å²) in [6.07, 6.45) is 8.25. The zero-order valence-corrected chi connectivity index (χ0v) is 20.3. The molecule has 0 aromatic heterocycles. The molecule has 27 heavy (non-hydrogen) atoms. The van der Waals surface area contributed by atoms with Crippen LogP contribution in [0.25, 0.3) is 0 Å². The van der Waals surface area contributed by atoms with Gasteiger partial charge in [-0.15, -0.1) is 0 Å². The van der Waals surface area contributed by atoms with Crippen LogP contribution >= 0.6 is 0 Å². The maximum atomic E-state index is 11.6. The molecule has 3 unspecified atom stereocenters. The van der Waals surface area contributed by atoms with Crippen LogP contribution in [0.2, 0.25) is 0 Å². The first kappa shape index (κ1) is 26.9. The maximum absolute atomic E-state index is 11.6. The number of sulfonamides is 1. The zero-order chi connectivity index (χ0) is 21.3. The van der Waals surface area contributed by atoms with Crippen LogP contribution in [0.4, 0.5) is 0 Å². The van der Waals surface area contributed by atoms with Crippen molar-refractivity contribution in [1.29, 1.82) is 0 Å². The van der Waals surface area contributed by atoms with Gasteiger partial charge in [0.15, 0.2) is 0 Å². The number of ether oxygens (including phenoxy) is 1. The number of nitrogens with one attached hydrogen (secondary N) is 1. The molecule has 4 atom stereocenters. The molecule has 0 aromatic rings. The van der Waals surface area contributed by atoms with Crippen LogP contribution in [0.5, 0.6) is 0 Å². The van der Waals surface area contributed by atoms with Crippen LogP contribution in [0, 0.1) is 22.7 Å². The molecule has 0 spiro atoms. The Kier molecular flexibility index (Phi) is 11.7. The summed E-state index contributed by atoms with van der Waals surface area (Å²) < 4.78 is 32.4. The molecule has 0 bridgehead atoms. The fourth-order valence-electron chi connectivity index (χ4n) is 3.58. The molecular weight excluding hydrogens is 358 g/mol. The summed E-state index contributed by atoms with van der Waals surface area (Å²) in [5.41, 5.74) is 0.0665. The van der Waals surface area contributed by atoms with Crippen molar-refractivity contribution < 1.29 is 13.2 Å². The minimum absolute atomic E-state index is 0.101. The van der Waals surface area contributed by atoms with Gasteiger partial charge in [-0.25, -0.2) is 13.1 Å². The van der Waals surface area contributed by atoms with E-state index < -0.39 is 10.0 Å². The summed E-state index contributed by atoms with van der Waals surface area (Å²) in [5.74, 6) is 0.844. The van der Waals surface area contributed by atoms with E-state index in [9.17, 15) is 8.42 Å². The van der Waals surface area contributed by atoms with E-state index in [2.05, 4.69) is 60.1 Å². The lowest BCUT2D eigenvalue weighted by atomic mass is 9.71. The average Bonchev–Trinajstić information content (AvgIpc) is 2.59. The predicted octanol–water partition coefficient (Wildman–Crippen LogP) is 5.63. The molecular formula is C22H47NO3S. The van der Waals surface area contributed by atoms with Gasteiger partial charge in [0.2, 0.25) is 10.0 Å². The van der Waals surface area contributed by atoms with E-state index >= 15 is 0 Å². The van der Waals surface area contributed by atoms with E-state index in [4.69, 9.17) is 4.74 Å². The maximum Gasteiger partial charge on any atom is 0.208 e. The molecule has 0 radical (unpaired) electrons. The molecule has 0 aliphatic rings. The predicted molar refractivity (Wildman–Crippen MR) is 118 cm³/mol. The van der Waals surface area contributed by atoms with Crippen molar-refractivity contribution in [3.63, 3.8) is 0 Å². The number of rotatable bonds is 15. The van der Waals surface area contributed by atoms with Gasteiger partial charge in [0, 0.05) is 6.54 Å². The lowest BCUT2D eigenvalue weighted by Crippen LogP contribution is -2.43. The Bertz CT molecular complexity index is 506. The van der Waals surface area contributed by atoms with E-state index in [0.29, 0.717) is 19.1 Å². The van der Waals surface area contributed by atoms with Crippen LogP contribution < -0.4 is 4.72 Å². The van der Waals surface area contributed by atoms with Crippen molar-refractivity contribution in [2.24, 2.45) is 22.7 Å². The van der Waals surface area contributed by atoms with Crippen molar-refractivity contribution in [2.45, 2.75) is 100 Å². The molecule has 1 N–H and O–H groups in total. The largest absolute Gasteiger partial charge is 0.378 e. The topological polar surface area (TPSA) is 55.4 Å². The van der Waals surface area contributed by atoms with Crippen LogP contribution in [-0.4, -0.2) is 33.9 Å². The molecule has 164 valence electrons. The van der Waals surface area contributed by atoms with Gasteiger partial charge in [-0.05, 0) is 42.4 Å². The molecule has 0 fully saturated rings. The summed E-state index contributed by atoms with van der Waals surface area (Å²) in [6.45, 7) is 19.1. The third kappa shape index (κ3) is 9.27. The van der Waals surface area contributed by atoms with Crippen molar-refractivity contribution in [2.75, 3.05) is 19.4 Å². The van der Waals surface area contributed by atoms with Gasteiger partial charge in [0.05, 0.1) is 19.0 Å². The molecule has 0 heterocycles. The Morgan fingerprint density at radius 2 is 1.48 bits per heavy atom. The Morgan fingerprint density at radius 3 is 1.93 bits per heavy atom. The fourth-order valence-corrected chi connectivity index (χ4v) is 4.18. The van der Waals surface area contributed by atoms with Gasteiger partial charge in [0.25, 0.3) is 0 Å². The Morgan fingerprint density at radius 1 is 0.963 bits per heavy atom. The molecule has 0 aliphatic heterocycles. The second kappa shape index (κ2) is 11.8. The molecule has 0 rings (SSSR count). The summed E-state index contributed by atoms with van der Waals surface area (Å²) in [5, 5.41) is 0. The highest BCUT2D eigenvalue weighted by atomic mass is 32.2. The lowest BCUT2D eigenvalue weighted by Gasteiger charge is -2.42. The minimum Gasteiger partial charge on any atom is -0.378 e. The minimum atomic E-state index is -3.18. The molecule has 0 aliphatic carbocycles. The molecule has 0 aromatic carbocycles. The van der Waals surface area contributed by atoms with Crippen molar-refractivity contribution in [3.8, 4) is 0 Å². The Balaban J connectivity index is 5.06. The first-order valence-electron chi connectivity index (χ1n) is 10.9. The quantitative estimate of drug-likeness (QED) is 0.384. The number of hydrogen-bond donors (Lipinski definition) is 1. The Hall–Kier alpha value is -0.130. The third-order valence-corrected chi connectivity index (χ3v) is 7.61. The average molecular weight is 406 g/mol. The second-order valence-electron chi connectivity index (χ2n) is 9.49. The third-order valence-electron chi connectivity index (χ3n) is 6.94. The monoisotopic (exact) mass is 405 g/mol. The van der Waals surface area contributed by atoms with Crippen LogP contribution in [0.15, 0.2) is 0 Å². The van der Waals surface area contributed by atoms with E-state index in [1.807, 2.05) is 0 Å². The van der Waals surface area contributed by atoms with Gasteiger partial charge in [-0.2, -0.15) is 0 Å². The summed E-state index contributed by atoms with van der Waals surface area (Å²) in [4.78, 5) is 0. The van der Waals surface area contributed by atoms with Gasteiger partial charge in [0.1, 0.15) is 0 Å². The molecule has 5 heteroatoms. The highest BCUT2D eigenvalue weighted by molar-refractivity contribution is 7.88. The van der Waals surface area contributed by atoms with Crippen molar-refractivity contribution in [1.82, 2.24) is 4.72 Å². The first-order chi connectivity index (χ1) is 12.3. The SMILES string of the molecule is CCCCC(C)(CNS(C)(=O)=O)C(C)CO[C@H](C)C(C)(CCCC)C(C)C. The molecule has 4 nitrogen and oxygen atoms in total. The molecule has 0 saturated heterocycles. The Labute approximate surface area is 170 Å². The highest BCUT2D eigenvalue weighted by Crippen LogP contribution is 2.39.